The third-order valence-electron chi connectivity index (χ3n) is 2.46. The van der Waals surface area contributed by atoms with E-state index in [-0.39, 0.29) is 0 Å². The van der Waals surface area contributed by atoms with Crippen LogP contribution in [0.4, 0.5) is 0 Å². The molecule has 1 fully saturated rings. The van der Waals surface area contributed by atoms with Crippen molar-refractivity contribution in [3.63, 3.8) is 0 Å². The lowest BCUT2D eigenvalue weighted by Gasteiger charge is -2.19. The molecule has 0 aromatic heterocycles. The van der Waals surface area contributed by atoms with Gasteiger partial charge in [-0.05, 0) is 5.56 Å². The van der Waals surface area contributed by atoms with Gasteiger partial charge < -0.3 is 9.84 Å². The van der Waals surface area contributed by atoms with E-state index < -0.39 is 5.60 Å². The maximum atomic E-state index is 10.0. The van der Waals surface area contributed by atoms with Gasteiger partial charge in [0.2, 0.25) is 0 Å². The van der Waals surface area contributed by atoms with E-state index >= 15 is 0 Å². The summed E-state index contributed by atoms with van der Waals surface area (Å²) in [4.78, 5) is 0. The highest BCUT2D eigenvalue weighted by atomic mass is 16.5. The first-order chi connectivity index (χ1) is 6.29. The van der Waals surface area contributed by atoms with Crippen LogP contribution in [0.5, 0.6) is 0 Å². The molecule has 1 aliphatic rings. The molecule has 1 aliphatic heterocycles. The summed E-state index contributed by atoms with van der Waals surface area (Å²) in [5.41, 5.74) is 0.553. The molecule has 1 heterocycles. The summed E-state index contributed by atoms with van der Waals surface area (Å²) in [6.07, 6.45) is 1.45. The normalized spacial score (nSPS) is 27.8. The molecule has 0 aliphatic carbocycles. The third-order valence-corrected chi connectivity index (χ3v) is 2.46. The first-order valence-electron chi connectivity index (χ1n) is 4.63. The van der Waals surface area contributed by atoms with Gasteiger partial charge in [-0.25, -0.2) is 0 Å². The molecule has 1 unspecified atom stereocenters. The van der Waals surface area contributed by atoms with Gasteiger partial charge in [0, 0.05) is 19.4 Å². The highest BCUT2D eigenvalue weighted by molar-refractivity contribution is 5.17. The van der Waals surface area contributed by atoms with Crippen molar-refractivity contribution in [1.82, 2.24) is 0 Å². The molecule has 1 N–H and O–H groups in total. The van der Waals surface area contributed by atoms with E-state index in [0.29, 0.717) is 19.6 Å². The van der Waals surface area contributed by atoms with E-state index in [9.17, 15) is 5.11 Å². The molecule has 2 rings (SSSR count). The van der Waals surface area contributed by atoms with Crippen molar-refractivity contribution in [3.05, 3.63) is 35.9 Å². The van der Waals surface area contributed by atoms with Gasteiger partial charge in [-0.3, -0.25) is 0 Å². The smallest absolute Gasteiger partial charge is 0.0942 e. The minimum Gasteiger partial charge on any atom is -0.387 e. The molecule has 1 aromatic carbocycles. The molecule has 2 heteroatoms. The number of rotatable bonds is 2. The van der Waals surface area contributed by atoms with Crippen molar-refractivity contribution in [2.45, 2.75) is 18.4 Å². The molecule has 0 radical (unpaired) electrons. The average molecular weight is 178 g/mol. The Labute approximate surface area is 78.2 Å². The van der Waals surface area contributed by atoms with Crippen LogP contribution in [0.25, 0.3) is 0 Å². The second kappa shape index (κ2) is 3.48. The van der Waals surface area contributed by atoms with Crippen molar-refractivity contribution < 1.29 is 9.84 Å². The fourth-order valence-electron chi connectivity index (χ4n) is 1.71. The molecule has 1 saturated heterocycles. The Bertz CT molecular complexity index is 263. The van der Waals surface area contributed by atoms with Gasteiger partial charge in [0.05, 0.1) is 12.2 Å². The third kappa shape index (κ3) is 2.08. The van der Waals surface area contributed by atoms with Gasteiger partial charge in [0.25, 0.3) is 0 Å². The molecular formula is C11H14O2. The van der Waals surface area contributed by atoms with E-state index in [4.69, 9.17) is 4.74 Å². The Morgan fingerprint density at radius 3 is 2.69 bits per heavy atom. The predicted octanol–water partition coefficient (Wildman–Crippen LogP) is 1.38. The number of aliphatic hydroxyl groups is 1. The first-order valence-corrected chi connectivity index (χ1v) is 4.63. The highest BCUT2D eigenvalue weighted by Gasteiger charge is 2.31. The van der Waals surface area contributed by atoms with Gasteiger partial charge in [-0.15, -0.1) is 0 Å². The summed E-state index contributed by atoms with van der Waals surface area (Å²) < 4.78 is 5.18. The van der Waals surface area contributed by atoms with Crippen molar-refractivity contribution in [2.75, 3.05) is 13.2 Å². The average Bonchev–Trinajstić information content (AvgIpc) is 2.54. The van der Waals surface area contributed by atoms with Gasteiger partial charge in [-0.2, -0.15) is 0 Å². The van der Waals surface area contributed by atoms with E-state index in [0.717, 1.165) is 6.42 Å². The number of hydrogen-bond acceptors (Lipinski definition) is 2. The van der Waals surface area contributed by atoms with Crippen molar-refractivity contribution >= 4 is 0 Å². The van der Waals surface area contributed by atoms with E-state index in [1.54, 1.807) is 0 Å². The molecule has 2 nitrogen and oxygen atoms in total. The lowest BCUT2D eigenvalue weighted by atomic mass is 9.94. The van der Waals surface area contributed by atoms with Crippen LogP contribution in [0, 0.1) is 0 Å². The molecule has 1 aromatic rings. The van der Waals surface area contributed by atoms with Crippen molar-refractivity contribution in [1.29, 1.82) is 0 Å². The minimum atomic E-state index is -0.624. The van der Waals surface area contributed by atoms with E-state index in [2.05, 4.69) is 0 Å². The van der Waals surface area contributed by atoms with Crippen LogP contribution in [0.15, 0.2) is 30.3 Å². The van der Waals surface area contributed by atoms with Gasteiger partial charge in [0.1, 0.15) is 0 Å². The summed E-state index contributed by atoms with van der Waals surface area (Å²) in [7, 11) is 0. The maximum Gasteiger partial charge on any atom is 0.0942 e. The van der Waals surface area contributed by atoms with Gasteiger partial charge in [-0.1, -0.05) is 30.3 Å². The monoisotopic (exact) mass is 178 g/mol. The Hall–Kier alpha value is -0.860. The summed E-state index contributed by atoms with van der Waals surface area (Å²) in [6, 6.07) is 10.0. The van der Waals surface area contributed by atoms with E-state index in [1.807, 2.05) is 30.3 Å². The Morgan fingerprint density at radius 1 is 1.31 bits per heavy atom. The Kier molecular flexibility index (Phi) is 2.34. The molecular weight excluding hydrogens is 164 g/mol. The molecule has 0 spiro atoms. The molecule has 0 amide bonds. The summed E-state index contributed by atoms with van der Waals surface area (Å²) in [5, 5.41) is 10.0. The fourth-order valence-corrected chi connectivity index (χ4v) is 1.71. The lowest BCUT2D eigenvalue weighted by molar-refractivity contribution is 0.0270. The summed E-state index contributed by atoms with van der Waals surface area (Å²) in [6.45, 7) is 1.16. The zero-order valence-electron chi connectivity index (χ0n) is 7.57. The van der Waals surface area contributed by atoms with Gasteiger partial charge in [0.15, 0.2) is 0 Å². The topological polar surface area (TPSA) is 29.5 Å². The van der Waals surface area contributed by atoms with Crippen LogP contribution in [0.3, 0.4) is 0 Å². The van der Waals surface area contributed by atoms with Crippen LogP contribution in [-0.4, -0.2) is 23.9 Å². The standard InChI is InChI=1S/C11H14O2/c12-11(6-7-13-9-11)8-10-4-2-1-3-5-10/h1-5,12H,6-9H2. The number of ether oxygens (including phenoxy) is 1. The van der Waals surface area contributed by atoms with Crippen molar-refractivity contribution in [2.24, 2.45) is 0 Å². The molecule has 0 bridgehead atoms. The van der Waals surface area contributed by atoms with Crippen LogP contribution < -0.4 is 0 Å². The highest BCUT2D eigenvalue weighted by Crippen LogP contribution is 2.22. The van der Waals surface area contributed by atoms with Crippen LogP contribution in [-0.2, 0) is 11.2 Å². The van der Waals surface area contributed by atoms with Crippen LogP contribution >= 0.6 is 0 Å². The summed E-state index contributed by atoms with van der Waals surface area (Å²) in [5.74, 6) is 0. The zero-order valence-corrected chi connectivity index (χ0v) is 7.57. The molecule has 0 saturated carbocycles. The minimum absolute atomic E-state index is 0.474. The SMILES string of the molecule is OC1(Cc2ccccc2)CCOC1. The second-order valence-electron chi connectivity index (χ2n) is 3.69. The first kappa shape index (κ1) is 8.73. The molecule has 70 valence electrons. The quantitative estimate of drug-likeness (QED) is 0.741. The van der Waals surface area contributed by atoms with Crippen molar-refractivity contribution in [3.8, 4) is 0 Å². The summed E-state index contributed by atoms with van der Waals surface area (Å²) >= 11 is 0. The zero-order chi connectivity index (χ0) is 9.15. The van der Waals surface area contributed by atoms with Crippen LogP contribution in [0.2, 0.25) is 0 Å². The Morgan fingerprint density at radius 2 is 2.08 bits per heavy atom. The molecule has 13 heavy (non-hydrogen) atoms. The predicted molar refractivity (Wildman–Crippen MR) is 50.5 cm³/mol. The number of benzene rings is 1. The Balaban J connectivity index is 2.05. The second-order valence-corrected chi connectivity index (χ2v) is 3.69. The molecule has 1 atom stereocenters. The van der Waals surface area contributed by atoms with E-state index in [1.165, 1.54) is 5.56 Å². The number of hydrogen-bond donors (Lipinski definition) is 1. The lowest BCUT2D eigenvalue weighted by Crippen LogP contribution is -2.31. The fraction of sp³-hybridized carbons (Fsp3) is 0.455. The van der Waals surface area contributed by atoms with Crippen LogP contribution in [0.1, 0.15) is 12.0 Å². The largest absolute Gasteiger partial charge is 0.387 e. The maximum absolute atomic E-state index is 10.0. The van der Waals surface area contributed by atoms with Gasteiger partial charge >= 0.3 is 0 Å².